The summed E-state index contributed by atoms with van der Waals surface area (Å²) in [6, 6.07) is 0. The highest BCUT2D eigenvalue weighted by atomic mass is 16.3. The van der Waals surface area contributed by atoms with Gasteiger partial charge in [-0.05, 0) is 111 Å². The lowest BCUT2D eigenvalue weighted by Gasteiger charge is -2.73. The van der Waals surface area contributed by atoms with Crippen molar-refractivity contribution in [1.29, 1.82) is 0 Å². The first kappa shape index (κ1) is 24.3. The van der Waals surface area contributed by atoms with Crippen LogP contribution in [-0.2, 0) is 4.79 Å². The van der Waals surface area contributed by atoms with Gasteiger partial charge in [-0.1, -0.05) is 41.5 Å². The quantitative estimate of drug-likeness (QED) is 0.478. The first-order chi connectivity index (χ1) is 15.0. The zero-order valence-electron chi connectivity index (χ0n) is 22.6. The lowest BCUT2D eigenvalue weighted by Crippen LogP contribution is -2.69. The molecule has 0 amide bonds. The monoisotopic (exact) mass is 458 g/mol. The number of rotatable bonds is 1. The predicted molar refractivity (Wildman–Crippen MR) is 133 cm³/mol. The molecule has 3 heteroatoms. The fraction of sp³-hybridized carbons (Fsp3) is 0.967. The lowest BCUT2D eigenvalue weighted by molar-refractivity contribution is -0.261. The molecule has 0 heterocycles. The standard InChI is InChI=1S/C30H50O3/c1-25(2)22(32)12-14-28(6)21-10-9-19-23-18(26(3,4)33)11-13-27(23,5)15-16-29(19,7)30(21,8)17-20(31)24(25)28/h18-21,23-24,31,33H,9-17H2,1-8H3/t18-,19-,20-,21-,23-,24+,27-,28-,29-,30-/m1/s1. The summed E-state index contributed by atoms with van der Waals surface area (Å²) >= 11 is 0. The fourth-order valence-electron chi connectivity index (χ4n) is 11.7. The second kappa shape index (κ2) is 6.87. The molecule has 2 N–H and O–H groups in total. The summed E-state index contributed by atoms with van der Waals surface area (Å²) in [4.78, 5) is 12.9. The number of hydrogen-bond donors (Lipinski definition) is 2. The second-order valence-corrected chi connectivity index (χ2v) is 15.4. The molecule has 0 saturated heterocycles. The maximum absolute atomic E-state index is 12.9. The van der Waals surface area contributed by atoms with Gasteiger partial charge in [0.1, 0.15) is 5.78 Å². The van der Waals surface area contributed by atoms with Crippen LogP contribution in [0.15, 0.2) is 0 Å². The van der Waals surface area contributed by atoms with Gasteiger partial charge in [0.15, 0.2) is 0 Å². The van der Waals surface area contributed by atoms with Crippen LogP contribution in [0.2, 0.25) is 0 Å². The molecule has 5 rings (SSSR count). The summed E-state index contributed by atoms with van der Waals surface area (Å²) in [5, 5.41) is 22.9. The van der Waals surface area contributed by atoms with E-state index in [4.69, 9.17) is 0 Å². The van der Waals surface area contributed by atoms with Crippen LogP contribution >= 0.6 is 0 Å². The second-order valence-electron chi connectivity index (χ2n) is 15.4. The van der Waals surface area contributed by atoms with Crippen molar-refractivity contribution < 1.29 is 15.0 Å². The normalized spacial score (nSPS) is 55.9. The summed E-state index contributed by atoms with van der Waals surface area (Å²) in [7, 11) is 0. The maximum Gasteiger partial charge on any atom is 0.138 e. The Morgan fingerprint density at radius 3 is 2.18 bits per heavy atom. The Kier molecular flexibility index (Phi) is 5.06. The van der Waals surface area contributed by atoms with E-state index in [1.807, 2.05) is 13.8 Å². The largest absolute Gasteiger partial charge is 0.393 e. The zero-order chi connectivity index (χ0) is 24.4. The summed E-state index contributed by atoms with van der Waals surface area (Å²) in [6.45, 7) is 18.3. The molecule has 0 radical (unpaired) electrons. The number of aliphatic hydroxyl groups is 2. The molecule has 33 heavy (non-hydrogen) atoms. The van der Waals surface area contributed by atoms with Crippen molar-refractivity contribution in [2.75, 3.05) is 0 Å². The van der Waals surface area contributed by atoms with Crippen molar-refractivity contribution in [2.45, 2.75) is 125 Å². The topological polar surface area (TPSA) is 57.5 Å². The Bertz CT molecular complexity index is 840. The number of carbonyl (C=O) groups excluding carboxylic acids is 1. The van der Waals surface area contributed by atoms with Gasteiger partial charge in [-0.3, -0.25) is 4.79 Å². The highest BCUT2D eigenvalue weighted by molar-refractivity contribution is 5.85. The van der Waals surface area contributed by atoms with Gasteiger partial charge in [-0.15, -0.1) is 0 Å². The van der Waals surface area contributed by atoms with E-state index in [0.717, 1.165) is 19.3 Å². The first-order valence-electron chi connectivity index (χ1n) is 14.0. The molecule has 10 atom stereocenters. The van der Waals surface area contributed by atoms with Crippen LogP contribution in [-0.4, -0.2) is 27.7 Å². The molecule has 5 aliphatic rings. The van der Waals surface area contributed by atoms with Gasteiger partial charge in [-0.2, -0.15) is 0 Å². The minimum Gasteiger partial charge on any atom is -0.393 e. The molecular formula is C30H50O3. The van der Waals surface area contributed by atoms with Gasteiger partial charge in [0.25, 0.3) is 0 Å². The summed E-state index contributed by atoms with van der Waals surface area (Å²) in [6.07, 6.45) is 9.38. The number of ketones is 1. The Balaban J connectivity index is 1.58. The number of carbonyl (C=O) groups is 1. The van der Waals surface area contributed by atoms with Crippen LogP contribution in [0.3, 0.4) is 0 Å². The average molecular weight is 459 g/mol. The Hall–Kier alpha value is -0.410. The molecule has 0 bridgehead atoms. The minimum absolute atomic E-state index is 0.0177. The Morgan fingerprint density at radius 1 is 0.879 bits per heavy atom. The number of Topliss-reactive ketones (excluding diaryl/α,β-unsaturated/α-hetero) is 1. The van der Waals surface area contributed by atoms with Gasteiger partial charge in [0, 0.05) is 17.8 Å². The molecule has 5 fully saturated rings. The van der Waals surface area contributed by atoms with Crippen LogP contribution < -0.4 is 0 Å². The van der Waals surface area contributed by atoms with E-state index < -0.39 is 17.1 Å². The summed E-state index contributed by atoms with van der Waals surface area (Å²) in [5.41, 5.74) is -0.454. The Morgan fingerprint density at radius 2 is 1.55 bits per heavy atom. The van der Waals surface area contributed by atoms with Crippen LogP contribution in [0.1, 0.15) is 113 Å². The molecule has 0 unspecified atom stereocenters. The predicted octanol–water partition coefficient (Wildman–Crippen LogP) is 6.40. The van der Waals surface area contributed by atoms with Crippen molar-refractivity contribution in [3.8, 4) is 0 Å². The van der Waals surface area contributed by atoms with Crippen LogP contribution in [0, 0.1) is 56.7 Å². The van der Waals surface area contributed by atoms with E-state index in [9.17, 15) is 15.0 Å². The molecule has 3 nitrogen and oxygen atoms in total. The molecule has 0 aromatic carbocycles. The van der Waals surface area contributed by atoms with Crippen molar-refractivity contribution in [3.05, 3.63) is 0 Å². The van der Waals surface area contributed by atoms with E-state index in [1.54, 1.807) is 0 Å². The highest BCUT2D eigenvalue weighted by Gasteiger charge is 2.72. The SMILES string of the molecule is CC(C)(O)[C@@H]1CC[C@]2(C)CC[C@]3(C)[C@H](CC[C@@H]4[C@@]5(C)CCC(=O)C(C)(C)[C@@H]5[C@H](O)C[C@]43C)[C@@H]12. The van der Waals surface area contributed by atoms with Crippen molar-refractivity contribution in [1.82, 2.24) is 0 Å². The van der Waals surface area contributed by atoms with Gasteiger partial charge in [-0.25, -0.2) is 0 Å². The fourth-order valence-corrected chi connectivity index (χ4v) is 11.7. The van der Waals surface area contributed by atoms with Crippen molar-refractivity contribution in [2.24, 2.45) is 56.7 Å². The molecule has 0 aromatic rings. The van der Waals surface area contributed by atoms with E-state index in [-0.39, 0.29) is 22.2 Å². The number of hydrogen-bond acceptors (Lipinski definition) is 3. The van der Waals surface area contributed by atoms with E-state index in [2.05, 4.69) is 41.5 Å². The van der Waals surface area contributed by atoms with Crippen LogP contribution in [0.5, 0.6) is 0 Å². The van der Waals surface area contributed by atoms with Crippen LogP contribution in [0.25, 0.3) is 0 Å². The smallest absolute Gasteiger partial charge is 0.138 e. The molecule has 5 saturated carbocycles. The number of aliphatic hydroxyl groups excluding tert-OH is 1. The molecule has 0 aromatic heterocycles. The van der Waals surface area contributed by atoms with Gasteiger partial charge >= 0.3 is 0 Å². The third-order valence-corrected chi connectivity index (χ3v) is 13.4. The lowest BCUT2D eigenvalue weighted by atomic mass is 9.32. The highest BCUT2D eigenvalue weighted by Crippen LogP contribution is 2.77. The van der Waals surface area contributed by atoms with Crippen molar-refractivity contribution >= 4 is 5.78 Å². The minimum atomic E-state index is -0.630. The van der Waals surface area contributed by atoms with Gasteiger partial charge < -0.3 is 10.2 Å². The Labute approximate surface area is 202 Å². The third kappa shape index (κ3) is 2.90. The summed E-state index contributed by atoms with van der Waals surface area (Å²) < 4.78 is 0. The van der Waals surface area contributed by atoms with Gasteiger partial charge in [0.05, 0.1) is 11.7 Å². The van der Waals surface area contributed by atoms with Gasteiger partial charge in [0.2, 0.25) is 0 Å². The molecular weight excluding hydrogens is 408 g/mol. The van der Waals surface area contributed by atoms with Crippen molar-refractivity contribution in [3.63, 3.8) is 0 Å². The molecule has 0 aliphatic heterocycles. The van der Waals surface area contributed by atoms with E-state index in [1.165, 1.54) is 32.1 Å². The molecule has 5 aliphatic carbocycles. The average Bonchev–Trinajstić information content (AvgIpc) is 3.03. The van der Waals surface area contributed by atoms with Crippen LogP contribution in [0.4, 0.5) is 0 Å². The van der Waals surface area contributed by atoms with E-state index in [0.29, 0.717) is 41.3 Å². The molecule has 188 valence electrons. The zero-order valence-corrected chi connectivity index (χ0v) is 22.6. The molecule has 0 spiro atoms. The van der Waals surface area contributed by atoms with E-state index >= 15 is 0 Å². The summed E-state index contributed by atoms with van der Waals surface area (Å²) in [5.74, 6) is 2.52. The maximum atomic E-state index is 12.9. The third-order valence-electron chi connectivity index (χ3n) is 13.4. The number of fused-ring (bicyclic) bond motifs is 7. The first-order valence-corrected chi connectivity index (χ1v) is 14.0.